The van der Waals surface area contributed by atoms with E-state index in [9.17, 15) is 15.2 Å². The summed E-state index contributed by atoms with van der Waals surface area (Å²) in [5.41, 5.74) is 8.45. The number of oxazole rings is 1. The number of hydrogen-bond acceptors (Lipinski definition) is 9. The molecule has 10 heteroatoms. The van der Waals surface area contributed by atoms with E-state index >= 15 is 4.39 Å². The quantitative estimate of drug-likeness (QED) is 0.112. The summed E-state index contributed by atoms with van der Waals surface area (Å²) < 4.78 is 33.4. The lowest BCUT2D eigenvalue weighted by atomic mass is 9.94. The van der Waals surface area contributed by atoms with Crippen molar-refractivity contribution in [1.82, 2.24) is 14.8 Å². The number of methoxy groups -OCH3 is 1. The first-order chi connectivity index (χ1) is 25.2. The van der Waals surface area contributed by atoms with Crippen LogP contribution in [0, 0.1) is 31.0 Å². The number of likely N-dealkylation sites (tertiary alicyclic amines) is 2. The van der Waals surface area contributed by atoms with Crippen LogP contribution in [0.4, 0.5) is 4.39 Å². The van der Waals surface area contributed by atoms with E-state index in [2.05, 4.69) is 39.9 Å². The van der Waals surface area contributed by atoms with Gasteiger partial charge in [-0.1, -0.05) is 48.6 Å². The van der Waals surface area contributed by atoms with Crippen LogP contribution in [0.3, 0.4) is 0 Å². The Bertz CT molecular complexity index is 2210. The number of β-amino-alcohol motifs (C(OH)–C–C–N with tert-alkyl or cyclic N) is 1. The number of nitriles is 1. The summed E-state index contributed by atoms with van der Waals surface area (Å²) in [6.07, 6.45) is 5.23. The highest BCUT2D eigenvalue weighted by Gasteiger charge is 2.25. The summed E-state index contributed by atoms with van der Waals surface area (Å²) in [4.78, 5) is 19.8. The van der Waals surface area contributed by atoms with Gasteiger partial charge >= 0.3 is 0 Å². The minimum absolute atomic E-state index is 0.103. The van der Waals surface area contributed by atoms with Crippen LogP contribution in [0.15, 0.2) is 65.1 Å². The number of halogens is 1. The number of nitrogens with zero attached hydrogens (tertiary/aromatic N) is 4. The number of aryl methyl sites for hydroxylation is 1. The molecule has 0 aliphatic carbocycles. The molecule has 0 spiro atoms. The van der Waals surface area contributed by atoms with Crippen LogP contribution in [0.25, 0.3) is 45.8 Å². The van der Waals surface area contributed by atoms with Gasteiger partial charge in [0.2, 0.25) is 5.89 Å². The van der Waals surface area contributed by atoms with Crippen LogP contribution in [0.2, 0.25) is 0 Å². The van der Waals surface area contributed by atoms with Crippen molar-refractivity contribution in [3.05, 3.63) is 105 Å². The lowest BCUT2D eigenvalue weighted by molar-refractivity contribution is -0.132. The van der Waals surface area contributed by atoms with Crippen LogP contribution in [0.5, 0.6) is 5.75 Å². The Balaban J connectivity index is 1.15. The SMILES string of the molecule is COc1cc(/C=C/c2cccc(-c3cccc(-c4nc5cc(CN6CC[C@@H](OC=O)C6)cc(C#N)c5o4)c3F)c2C)c(C)cc1CN1CC[C@@H](O)C1. The Labute approximate surface area is 302 Å². The highest BCUT2D eigenvalue weighted by molar-refractivity contribution is 5.84. The third-order valence-electron chi connectivity index (χ3n) is 10.2. The number of aliphatic hydroxyl groups is 1. The second kappa shape index (κ2) is 15.1. The lowest BCUT2D eigenvalue weighted by Gasteiger charge is -2.18. The van der Waals surface area contributed by atoms with Crippen molar-refractivity contribution in [2.75, 3.05) is 33.3 Å². The fraction of sp³-hybridized carbons (Fsp3) is 0.310. The number of aliphatic hydroxyl groups excluding tert-OH is 1. The first-order valence-corrected chi connectivity index (χ1v) is 17.5. The van der Waals surface area contributed by atoms with Crippen LogP contribution >= 0.6 is 0 Å². The molecule has 9 nitrogen and oxygen atoms in total. The van der Waals surface area contributed by atoms with Crippen molar-refractivity contribution in [3.8, 4) is 34.4 Å². The predicted octanol–water partition coefficient (Wildman–Crippen LogP) is 7.28. The van der Waals surface area contributed by atoms with Crippen molar-refractivity contribution in [2.24, 2.45) is 0 Å². The molecule has 5 aromatic rings. The van der Waals surface area contributed by atoms with Gasteiger partial charge in [0.15, 0.2) is 5.58 Å². The third-order valence-corrected chi connectivity index (χ3v) is 10.2. The van der Waals surface area contributed by atoms with Gasteiger partial charge in [-0.25, -0.2) is 9.37 Å². The molecule has 0 radical (unpaired) electrons. The summed E-state index contributed by atoms with van der Waals surface area (Å²) in [7, 11) is 1.68. The standard InChI is InChI=1S/C42H41FN4O5/c1-26-16-32(22-47-14-12-33(49)23-47)39(50-3)19-30(26)11-10-29-6-4-7-35(27(29)2)36-8-5-9-37(40(36)43)42-45-38-18-28(17-31(20-44)41(38)52-42)21-46-15-13-34(24-46)51-25-48/h4-11,16-19,25,33-34,49H,12-15,21-24H2,1-3H3/b11-10+/t33-,34-/m1/s1. The molecule has 2 atom stereocenters. The molecule has 52 heavy (non-hydrogen) atoms. The monoisotopic (exact) mass is 700 g/mol. The number of fused-ring (bicyclic) bond motifs is 1. The van der Waals surface area contributed by atoms with E-state index in [1.807, 2.05) is 43.3 Å². The second-order valence-electron chi connectivity index (χ2n) is 13.7. The molecule has 3 heterocycles. The summed E-state index contributed by atoms with van der Waals surface area (Å²) in [6.45, 7) is 8.74. The van der Waals surface area contributed by atoms with Crippen LogP contribution in [0.1, 0.15) is 51.8 Å². The van der Waals surface area contributed by atoms with Crippen molar-refractivity contribution in [2.45, 2.75) is 52.0 Å². The topological polar surface area (TPSA) is 112 Å². The molecule has 0 unspecified atom stereocenters. The first-order valence-electron chi connectivity index (χ1n) is 17.5. The highest BCUT2D eigenvalue weighted by Crippen LogP contribution is 2.36. The number of rotatable bonds is 11. The number of carbonyl (C=O) groups excluding carboxylic acids is 1. The Morgan fingerprint density at radius 3 is 2.50 bits per heavy atom. The zero-order chi connectivity index (χ0) is 36.4. The number of benzene rings is 4. The van der Waals surface area contributed by atoms with Crippen molar-refractivity contribution >= 4 is 29.7 Å². The van der Waals surface area contributed by atoms with Gasteiger partial charge in [-0.05, 0) is 84.3 Å². The minimum atomic E-state index is -0.461. The fourth-order valence-electron chi connectivity index (χ4n) is 7.43. The molecule has 0 bridgehead atoms. The zero-order valence-electron chi connectivity index (χ0n) is 29.6. The van der Waals surface area contributed by atoms with Crippen molar-refractivity contribution < 1.29 is 28.2 Å². The molecule has 1 aromatic heterocycles. The molecule has 0 saturated carbocycles. The molecule has 2 aliphatic rings. The Kier molecular flexibility index (Phi) is 10.2. The molecular formula is C42H41FN4O5. The van der Waals surface area contributed by atoms with E-state index in [-0.39, 0.29) is 23.7 Å². The van der Waals surface area contributed by atoms with E-state index in [1.165, 1.54) is 0 Å². The van der Waals surface area contributed by atoms with E-state index in [4.69, 9.17) is 13.9 Å². The van der Waals surface area contributed by atoms with Gasteiger partial charge < -0.3 is 19.0 Å². The molecule has 2 saturated heterocycles. The summed E-state index contributed by atoms with van der Waals surface area (Å²) >= 11 is 0. The Hall–Kier alpha value is -5.34. The molecule has 7 rings (SSSR count). The summed E-state index contributed by atoms with van der Waals surface area (Å²) in [5.74, 6) is 0.447. The van der Waals surface area contributed by atoms with Crippen molar-refractivity contribution in [1.29, 1.82) is 5.26 Å². The van der Waals surface area contributed by atoms with Crippen LogP contribution < -0.4 is 4.74 Å². The van der Waals surface area contributed by atoms with E-state index in [1.54, 1.807) is 31.4 Å². The molecule has 2 fully saturated rings. The molecule has 266 valence electrons. The first kappa shape index (κ1) is 35.1. The summed E-state index contributed by atoms with van der Waals surface area (Å²) in [6, 6.07) is 21.0. The molecule has 1 N–H and O–H groups in total. The van der Waals surface area contributed by atoms with Gasteiger partial charge in [-0.15, -0.1) is 0 Å². The highest BCUT2D eigenvalue weighted by atomic mass is 19.1. The second-order valence-corrected chi connectivity index (χ2v) is 13.7. The maximum Gasteiger partial charge on any atom is 0.293 e. The molecule has 0 amide bonds. The van der Waals surface area contributed by atoms with Crippen molar-refractivity contribution in [3.63, 3.8) is 0 Å². The summed E-state index contributed by atoms with van der Waals surface area (Å²) in [5, 5.41) is 19.9. The van der Waals surface area contributed by atoms with Gasteiger partial charge in [0, 0.05) is 50.4 Å². The number of aromatic nitrogens is 1. The Morgan fingerprint density at radius 2 is 1.73 bits per heavy atom. The smallest absolute Gasteiger partial charge is 0.293 e. The lowest BCUT2D eigenvalue weighted by Crippen LogP contribution is -2.22. The average Bonchev–Trinajstić information content (AvgIpc) is 3.88. The fourth-order valence-corrected chi connectivity index (χ4v) is 7.43. The molecular weight excluding hydrogens is 659 g/mol. The number of hydrogen-bond donors (Lipinski definition) is 1. The van der Waals surface area contributed by atoms with Crippen LogP contribution in [-0.2, 0) is 22.6 Å². The normalized spacial score (nSPS) is 18.0. The van der Waals surface area contributed by atoms with Gasteiger partial charge in [-0.3, -0.25) is 14.6 Å². The largest absolute Gasteiger partial charge is 0.496 e. The van der Waals surface area contributed by atoms with Crippen LogP contribution in [-0.4, -0.2) is 71.9 Å². The molecule has 2 aliphatic heterocycles. The number of ether oxygens (including phenoxy) is 2. The maximum absolute atomic E-state index is 16.5. The van der Waals surface area contributed by atoms with E-state index < -0.39 is 5.82 Å². The minimum Gasteiger partial charge on any atom is -0.496 e. The van der Waals surface area contributed by atoms with Gasteiger partial charge in [0.05, 0.1) is 24.3 Å². The van der Waals surface area contributed by atoms with Gasteiger partial charge in [0.25, 0.3) is 6.47 Å². The Morgan fingerprint density at radius 1 is 0.981 bits per heavy atom. The zero-order valence-corrected chi connectivity index (χ0v) is 29.6. The average molecular weight is 701 g/mol. The third kappa shape index (κ3) is 7.21. The predicted molar refractivity (Wildman–Crippen MR) is 198 cm³/mol. The molecule has 4 aromatic carbocycles. The van der Waals surface area contributed by atoms with E-state index in [0.29, 0.717) is 48.3 Å². The van der Waals surface area contributed by atoms with Gasteiger partial charge in [-0.2, -0.15) is 5.26 Å². The van der Waals surface area contributed by atoms with E-state index in [0.717, 1.165) is 77.2 Å². The van der Waals surface area contributed by atoms with Gasteiger partial charge in [0.1, 0.15) is 29.3 Å². The maximum atomic E-state index is 16.5. The number of carbonyl (C=O) groups is 1.